The highest BCUT2D eigenvalue weighted by atomic mass is 35.5. The van der Waals surface area contributed by atoms with Crippen molar-refractivity contribution in [3.63, 3.8) is 0 Å². The van der Waals surface area contributed by atoms with Crippen LogP contribution in [0.5, 0.6) is 0 Å². The minimum atomic E-state index is -3.81. The van der Waals surface area contributed by atoms with Gasteiger partial charge in [0.2, 0.25) is 10.0 Å². The summed E-state index contributed by atoms with van der Waals surface area (Å²) in [7, 11) is -3.81. The fraction of sp³-hybridized carbons (Fsp3) is 0.462. The van der Waals surface area contributed by atoms with Crippen LogP contribution in [0.3, 0.4) is 0 Å². The van der Waals surface area contributed by atoms with Crippen molar-refractivity contribution >= 4 is 39.2 Å². The predicted molar refractivity (Wildman–Crippen MR) is 80.6 cm³/mol. The van der Waals surface area contributed by atoms with Crippen LogP contribution in [0, 0.1) is 5.92 Å². The number of benzene rings is 1. The molecule has 1 fully saturated rings. The van der Waals surface area contributed by atoms with E-state index in [1.165, 1.54) is 4.31 Å². The first-order valence-electron chi connectivity index (χ1n) is 6.46. The van der Waals surface area contributed by atoms with Gasteiger partial charge < -0.3 is 5.11 Å². The monoisotopic (exact) mass is 351 g/mol. The Bertz CT molecular complexity index is 667. The summed E-state index contributed by atoms with van der Waals surface area (Å²) in [5.74, 6) is -0.813. The number of hydrogen-bond donors (Lipinski definition) is 1. The topological polar surface area (TPSA) is 74.7 Å². The van der Waals surface area contributed by atoms with Gasteiger partial charge in [-0.2, -0.15) is 4.31 Å². The largest absolute Gasteiger partial charge is 0.478 e. The lowest BCUT2D eigenvalue weighted by atomic mass is 10.0. The number of rotatable bonds is 3. The molecule has 0 atom stereocenters. The van der Waals surface area contributed by atoms with Crippen LogP contribution in [-0.2, 0) is 10.0 Å². The maximum atomic E-state index is 12.6. The van der Waals surface area contributed by atoms with Gasteiger partial charge in [-0.3, -0.25) is 0 Å². The second-order valence-electron chi connectivity index (χ2n) is 5.15. The third kappa shape index (κ3) is 3.34. The molecule has 21 heavy (non-hydrogen) atoms. The van der Waals surface area contributed by atoms with E-state index in [1.54, 1.807) is 0 Å². The molecule has 116 valence electrons. The summed E-state index contributed by atoms with van der Waals surface area (Å²) in [5.41, 5.74) is -0.273. The maximum Gasteiger partial charge on any atom is 0.337 e. The smallest absolute Gasteiger partial charge is 0.337 e. The number of piperidine rings is 1. The van der Waals surface area contributed by atoms with Crippen LogP contribution < -0.4 is 0 Å². The standard InChI is InChI=1S/C13H15Cl2NO4S/c1-8-2-4-16(5-3-8)21(19,20)12-6-9(13(17)18)10(14)7-11(12)15/h6-8H,2-5H2,1H3,(H,17,18). The number of carboxylic acids is 1. The molecule has 0 unspecified atom stereocenters. The van der Waals surface area contributed by atoms with Gasteiger partial charge in [0.25, 0.3) is 0 Å². The van der Waals surface area contributed by atoms with Gasteiger partial charge in [-0.05, 0) is 30.9 Å². The quantitative estimate of drug-likeness (QED) is 0.907. The van der Waals surface area contributed by atoms with Crippen molar-refractivity contribution < 1.29 is 18.3 Å². The van der Waals surface area contributed by atoms with Crippen molar-refractivity contribution in [3.8, 4) is 0 Å². The molecule has 1 aliphatic heterocycles. The minimum absolute atomic E-state index is 0.0661. The van der Waals surface area contributed by atoms with E-state index in [-0.39, 0.29) is 20.5 Å². The number of hydrogen-bond acceptors (Lipinski definition) is 3. The Morgan fingerprint density at radius 3 is 2.33 bits per heavy atom. The highest BCUT2D eigenvalue weighted by molar-refractivity contribution is 7.89. The zero-order valence-corrected chi connectivity index (χ0v) is 13.7. The second kappa shape index (κ2) is 6.12. The number of carbonyl (C=O) groups is 1. The molecule has 1 aromatic carbocycles. The minimum Gasteiger partial charge on any atom is -0.478 e. The average molecular weight is 352 g/mol. The van der Waals surface area contributed by atoms with Crippen LogP contribution in [-0.4, -0.2) is 36.9 Å². The zero-order valence-electron chi connectivity index (χ0n) is 11.3. The molecular weight excluding hydrogens is 337 g/mol. The van der Waals surface area contributed by atoms with E-state index in [9.17, 15) is 13.2 Å². The van der Waals surface area contributed by atoms with Crippen molar-refractivity contribution in [1.29, 1.82) is 0 Å². The summed E-state index contributed by atoms with van der Waals surface area (Å²) in [5, 5.41) is 8.91. The van der Waals surface area contributed by atoms with Crippen molar-refractivity contribution in [3.05, 3.63) is 27.7 Å². The lowest BCUT2D eigenvalue weighted by Crippen LogP contribution is -2.38. The van der Waals surface area contributed by atoms with Crippen molar-refractivity contribution in [2.45, 2.75) is 24.7 Å². The molecule has 1 heterocycles. The molecule has 0 bridgehead atoms. The molecule has 0 amide bonds. The van der Waals surface area contributed by atoms with Crippen molar-refractivity contribution in [2.75, 3.05) is 13.1 Å². The summed E-state index contributed by atoms with van der Waals surface area (Å²) < 4.78 is 26.6. The molecule has 5 nitrogen and oxygen atoms in total. The number of sulfonamides is 1. The predicted octanol–water partition coefficient (Wildman–Crippen LogP) is 3.11. The highest BCUT2D eigenvalue weighted by Crippen LogP contribution is 2.32. The van der Waals surface area contributed by atoms with Crippen LogP contribution in [0.4, 0.5) is 0 Å². The van der Waals surface area contributed by atoms with Gasteiger partial charge in [-0.15, -0.1) is 0 Å². The molecule has 2 rings (SSSR count). The maximum absolute atomic E-state index is 12.6. The lowest BCUT2D eigenvalue weighted by Gasteiger charge is -2.29. The molecule has 0 spiro atoms. The fourth-order valence-electron chi connectivity index (χ4n) is 2.26. The van der Waals surface area contributed by atoms with E-state index in [1.807, 2.05) is 0 Å². The Balaban J connectivity index is 2.45. The van der Waals surface area contributed by atoms with Gasteiger partial charge in [0.1, 0.15) is 4.90 Å². The second-order valence-corrected chi connectivity index (χ2v) is 7.87. The zero-order chi connectivity index (χ0) is 15.8. The first kappa shape index (κ1) is 16.5. The van der Waals surface area contributed by atoms with Crippen LogP contribution in [0.2, 0.25) is 10.0 Å². The molecule has 1 aliphatic rings. The lowest BCUT2D eigenvalue weighted by molar-refractivity contribution is 0.0697. The van der Waals surface area contributed by atoms with Gasteiger partial charge >= 0.3 is 5.97 Å². The number of halogens is 2. The molecule has 1 saturated heterocycles. The number of nitrogens with zero attached hydrogens (tertiary/aromatic N) is 1. The first-order chi connectivity index (χ1) is 9.73. The average Bonchev–Trinajstić information content (AvgIpc) is 2.38. The van der Waals surface area contributed by atoms with E-state index < -0.39 is 16.0 Å². The van der Waals surface area contributed by atoms with E-state index in [0.29, 0.717) is 19.0 Å². The fourth-order valence-corrected chi connectivity index (χ4v) is 4.55. The molecule has 0 aliphatic carbocycles. The summed E-state index contributed by atoms with van der Waals surface area (Å²) in [6.45, 7) is 2.89. The van der Waals surface area contributed by atoms with Crippen LogP contribution in [0.15, 0.2) is 17.0 Å². The Kier molecular flexibility index (Phi) is 4.82. The SMILES string of the molecule is CC1CCN(S(=O)(=O)c2cc(C(=O)O)c(Cl)cc2Cl)CC1. The molecular formula is C13H15Cl2NO4S. The van der Waals surface area contributed by atoms with Crippen molar-refractivity contribution in [1.82, 2.24) is 4.31 Å². The third-order valence-electron chi connectivity index (χ3n) is 3.61. The Morgan fingerprint density at radius 2 is 1.81 bits per heavy atom. The first-order valence-corrected chi connectivity index (χ1v) is 8.65. The Labute approximate surface area is 133 Å². The van der Waals surface area contributed by atoms with Crippen LogP contribution in [0.1, 0.15) is 30.1 Å². The van der Waals surface area contributed by atoms with Gasteiger partial charge in [0, 0.05) is 13.1 Å². The van der Waals surface area contributed by atoms with Gasteiger partial charge in [-0.1, -0.05) is 30.1 Å². The van der Waals surface area contributed by atoms with Crippen LogP contribution in [0.25, 0.3) is 0 Å². The Morgan fingerprint density at radius 1 is 1.24 bits per heavy atom. The van der Waals surface area contributed by atoms with Crippen LogP contribution >= 0.6 is 23.2 Å². The van der Waals surface area contributed by atoms with E-state index in [0.717, 1.165) is 25.0 Å². The summed E-state index contributed by atoms with van der Waals surface area (Å²) >= 11 is 11.7. The number of carboxylic acid groups (broad SMARTS) is 1. The summed E-state index contributed by atoms with van der Waals surface area (Å²) in [6.07, 6.45) is 1.55. The van der Waals surface area contributed by atoms with E-state index in [2.05, 4.69) is 6.92 Å². The third-order valence-corrected chi connectivity index (χ3v) is 6.29. The molecule has 0 radical (unpaired) electrons. The molecule has 8 heteroatoms. The Hall–Kier alpha value is -0.820. The van der Waals surface area contributed by atoms with Gasteiger partial charge in [0.15, 0.2) is 0 Å². The molecule has 0 aromatic heterocycles. The summed E-state index contributed by atoms with van der Waals surface area (Å²) in [4.78, 5) is 10.9. The molecule has 1 aromatic rings. The van der Waals surface area contributed by atoms with Crippen molar-refractivity contribution in [2.24, 2.45) is 5.92 Å². The molecule has 1 N–H and O–H groups in total. The van der Waals surface area contributed by atoms with Gasteiger partial charge in [0.05, 0.1) is 15.6 Å². The number of aromatic carboxylic acids is 1. The normalized spacial score (nSPS) is 17.9. The summed E-state index contributed by atoms with van der Waals surface area (Å²) in [6, 6.07) is 2.19. The highest BCUT2D eigenvalue weighted by Gasteiger charge is 2.31. The van der Waals surface area contributed by atoms with E-state index >= 15 is 0 Å². The van der Waals surface area contributed by atoms with E-state index in [4.69, 9.17) is 28.3 Å². The molecule has 0 saturated carbocycles. The van der Waals surface area contributed by atoms with Gasteiger partial charge in [-0.25, -0.2) is 13.2 Å².